The number of ether oxygens (including phenoxy) is 1. The van der Waals surface area contributed by atoms with Crippen LogP contribution in [0.2, 0.25) is 4.34 Å². The second-order valence-corrected chi connectivity index (χ2v) is 6.75. The number of thiophene rings is 1. The van der Waals surface area contributed by atoms with Gasteiger partial charge in [0, 0.05) is 22.4 Å². The lowest BCUT2D eigenvalue weighted by molar-refractivity contribution is -0.145. The zero-order valence-electron chi connectivity index (χ0n) is 11.2. The van der Waals surface area contributed by atoms with Gasteiger partial charge in [0.15, 0.2) is 0 Å². The highest BCUT2D eigenvalue weighted by atomic mass is 79.9. The minimum Gasteiger partial charge on any atom is -0.465 e. The lowest BCUT2D eigenvalue weighted by Gasteiger charge is -2.17. The fraction of sp³-hybridized carbons (Fsp3) is 0.583. The number of carbonyl (C=O) groups excluding carboxylic acids is 1. The Morgan fingerprint density at radius 2 is 2.32 bits per heavy atom. The Hall–Kier alpha value is -0.140. The van der Waals surface area contributed by atoms with E-state index in [1.54, 1.807) is 6.92 Å². The van der Waals surface area contributed by atoms with E-state index >= 15 is 0 Å². The normalized spacial score (nSPS) is 12.7. The number of carbonyl (C=O) groups is 1. The summed E-state index contributed by atoms with van der Waals surface area (Å²) in [5.74, 6) is -0.272. The predicted molar refractivity (Wildman–Crippen MR) is 83.0 cm³/mol. The monoisotopic (exact) mass is 368 g/mol. The Labute approximate surface area is 131 Å². The third kappa shape index (κ3) is 5.39. The summed E-state index contributed by atoms with van der Waals surface area (Å²) < 4.78 is 6.54. The molecule has 1 aromatic heterocycles. The fourth-order valence-electron chi connectivity index (χ4n) is 1.46. The second kappa shape index (κ2) is 8.21. The van der Waals surface area contributed by atoms with Gasteiger partial charge in [0.05, 0.1) is 6.61 Å². The molecule has 0 radical (unpaired) electrons. The van der Waals surface area contributed by atoms with Crippen molar-refractivity contribution in [1.82, 2.24) is 10.2 Å². The summed E-state index contributed by atoms with van der Waals surface area (Å²) in [5, 5.41) is 3.21. The molecule has 0 aromatic carbocycles. The first-order valence-corrected chi connectivity index (χ1v) is 7.94. The summed E-state index contributed by atoms with van der Waals surface area (Å²) in [6.07, 6.45) is 0. The number of likely N-dealkylation sites (N-methyl/N-ethyl adjacent to an activating group) is 1. The van der Waals surface area contributed by atoms with Crippen LogP contribution in [-0.2, 0) is 9.53 Å². The second-order valence-electron chi connectivity index (χ2n) is 4.21. The first-order valence-electron chi connectivity index (χ1n) is 5.95. The van der Waals surface area contributed by atoms with Gasteiger partial charge >= 0.3 is 5.97 Å². The van der Waals surface area contributed by atoms with E-state index in [0.717, 1.165) is 15.9 Å². The van der Waals surface area contributed by atoms with Crippen molar-refractivity contribution in [2.45, 2.75) is 13.0 Å². The molecule has 1 N–H and O–H groups in total. The van der Waals surface area contributed by atoms with Crippen LogP contribution in [-0.4, -0.2) is 44.7 Å². The van der Waals surface area contributed by atoms with Gasteiger partial charge in [-0.25, -0.2) is 4.79 Å². The van der Waals surface area contributed by atoms with E-state index in [1.807, 2.05) is 25.1 Å². The molecule has 7 heteroatoms. The number of rotatable bonds is 7. The summed E-state index contributed by atoms with van der Waals surface area (Å²) in [7, 11) is 3.97. The Kier molecular flexibility index (Phi) is 7.31. The van der Waals surface area contributed by atoms with Crippen LogP contribution in [0.25, 0.3) is 0 Å². The van der Waals surface area contributed by atoms with E-state index in [4.69, 9.17) is 16.3 Å². The van der Waals surface area contributed by atoms with Crippen molar-refractivity contribution >= 4 is 44.8 Å². The molecule has 0 fully saturated rings. The lowest BCUT2D eigenvalue weighted by atomic mass is 10.2. The van der Waals surface area contributed by atoms with Gasteiger partial charge in [0.1, 0.15) is 10.4 Å². The van der Waals surface area contributed by atoms with Crippen LogP contribution in [0.15, 0.2) is 10.5 Å². The average Bonchev–Trinajstić information content (AvgIpc) is 2.64. The predicted octanol–water partition coefficient (Wildman–Crippen LogP) is 2.92. The lowest BCUT2D eigenvalue weighted by Crippen LogP contribution is -2.34. The summed E-state index contributed by atoms with van der Waals surface area (Å²) in [6, 6.07) is 1.39. The first-order chi connectivity index (χ1) is 8.95. The van der Waals surface area contributed by atoms with Gasteiger partial charge in [0.2, 0.25) is 0 Å². The summed E-state index contributed by atoms with van der Waals surface area (Å²) in [6.45, 7) is 3.71. The minimum atomic E-state index is -0.464. The van der Waals surface area contributed by atoms with Crippen LogP contribution in [0, 0.1) is 0 Å². The van der Waals surface area contributed by atoms with Crippen molar-refractivity contribution in [3.05, 3.63) is 19.8 Å². The Morgan fingerprint density at radius 1 is 1.63 bits per heavy atom. The van der Waals surface area contributed by atoms with Crippen LogP contribution in [0.1, 0.15) is 17.8 Å². The van der Waals surface area contributed by atoms with Crippen LogP contribution in [0.5, 0.6) is 0 Å². The fourth-order valence-corrected chi connectivity index (χ4v) is 3.26. The van der Waals surface area contributed by atoms with Gasteiger partial charge in [-0.15, -0.1) is 11.3 Å². The molecular weight excluding hydrogens is 352 g/mol. The van der Waals surface area contributed by atoms with Gasteiger partial charge in [-0.1, -0.05) is 11.6 Å². The van der Waals surface area contributed by atoms with E-state index in [2.05, 4.69) is 21.2 Å². The molecule has 0 aliphatic heterocycles. The maximum Gasteiger partial charge on any atom is 0.328 e. The largest absolute Gasteiger partial charge is 0.465 e. The van der Waals surface area contributed by atoms with Gasteiger partial charge in [-0.05, 0) is 43.0 Å². The van der Waals surface area contributed by atoms with Crippen molar-refractivity contribution in [1.29, 1.82) is 0 Å². The number of halogens is 2. The van der Waals surface area contributed by atoms with Crippen LogP contribution >= 0.6 is 38.9 Å². The molecule has 19 heavy (non-hydrogen) atoms. The molecule has 0 amide bonds. The van der Waals surface area contributed by atoms with E-state index < -0.39 is 6.04 Å². The quantitative estimate of drug-likeness (QED) is 0.750. The maximum atomic E-state index is 12.0. The van der Waals surface area contributed by atoms with Gasteiger partial charge in [-0.3, -0.25) is 5.32 Å². The molecule has 1 heterocycles. The van der Waals surface area contributed by atoms with Gasteiger partial charge in [0.25, 0.3) is 0 Å². The molecule has 0 saturated carbocycles. The van der Waals surface area contributed by atoms with Gasteiger partial charge < -0.3 is 9.64 Å². The number of hydrogen-bond donors (Lipinski definition) is 1. The molecule has 0 aliphatic rings. The molecule has 0 saturated heterocycles. The Bertz CT molecular complexity index is 406. The highest BCUT2D eigenvalue weighted by Crippen LogP contribution is 2.35. The number of nitrogens with zero attached hydrogens (tertiary/aromatic N) is 1. The van der Waals surface area contributed by atoms with Crippen molar-refractivity contribution in [2.75, 3.05) is 33.8 Å². The maximum absolute atomic E-state index is 12.0. The molecule has 0 aliphatic carbocycles. The summed E-state index contributed by atoms with van der Waals surface area (Å²) >= 11 is 10.8. The van der Waals surface area contributed by atoms with Crippen molar-refractivity contribution in [3.63, 3.8) is 0 Å². The number of nitrogens with one attached hydrogen (secondary N) is 1. The van der Waals surface area contributed by atoms with E-state index in [9.17, 15) is 4.79 Å². The van der Waals surface area contributed by atoms with Crippen molar-refractivity contribution < 1.29 is 9.53 Å². The molecule has 108 valence electrons. The third-order valence-electron chi connectivity index (χ3n) is 2.38. The van der Waals surface area contributed by atoms with Crippen molar-refractivity contribution in [3.8, 4) is 0 Å². The average molecular weight is 370 g/mol. The summed E-state index contributed by atoms with van der Waals surface area (Å²) in [5.41, 5.74) is 0. The topological polar surface area (TPSA) is 41.6 Å². The molecule has 0 bridgehead atoms. The molecule has 1 unspecified atom stereocenters. The molecule has 0 spiro atoms. The number of esters is 1. The standard InChI is InChI=1S/C12H18BrClN2O2S/c1-4-18-12(17)10(15-5-6-16(2)3)9-7-8(13)11(14)19-9/h7,10,15H,4-6H2,1-3H3. The SMILES string of the molecule is CCOC(=O)C(NCCN(C)C)c1cc(Br)c(Cl)s1. The Morgan fingerprint density at radius 3 is 2.79 bits per heavy atom. The zero-order valence-corrected chi connectivity index (χ0v) is 14.4. The van der Waals surface area contributed by atoms with Crippen LogP contribution < -0.4 is 5.32 Å². The smallest absolute Gasteiger partial charge is 0.328 e. The minimum absolute atomic E-state index is 0.272. The van der Waals surface area contributed by atoms with Crippen LogP contribution in [0.4, 0.5) is 0 Å². The van der Waals surface area contributed by atoms with E-state index in [0.29, 0.717) is 17.5 Å². The molecule has 1 atom stereocenters. The van der Waals surface area contributed by atoms with Crippen molar-refractivity contribution in [2.24, 2.45) is 0 Å². The Balaban J connectivity index is 2.76. The number of hydrogen-bond acceptors (Lipinski definition) is 5. The van der Waals surface area contributed by atoms with E-state index in [1.165, 1.54) is 11.3 Å². The third-order valence-corrected chi connectivity index (χ3v) is 4.92. The molecule has 1 rings (SSSR count). The molecular formula is C12H18BrClN2O2S. The molecule has 1 aromatic rings. The van der Waals surface area contributed by atoms with E-state index in [-0.39, 0.29) is 5.97 Å². The molecule has 4 nitrogen and oxygen atoms in total. The van der Waals surface area contributed by atoms with Crippen LogP contribution in [0.3, 0.4) is 0 Å². The first kappa shape index (κ1) is 16.9. The highest BCUT2D eigenvalue weighted by molar-refractivity contribution is 9.10. The highest BCUT2D eigenvalue weighted by Gasteiger charge is 2.24. The summed E-state index contributed by atoms with van der Waals surface area (Å²) in [4.78, 5) is 14.9. The zero-order chi connectivity index (χ0) is 14.4. The van der Waals surface area contributed by atoms with Gasteiger partial charge in [-0.2, -0.15) is 0 Å².